The third kappa shape index (κ3) is 3.84. The molecule has 8 nitrogen and oxygen atoms in total. The van der Waals surface area contributed by atoms with E-state index in [1.165, 1.54) is 30.0 Å². The van der Waals surface area contributed by atoms with E-state index in [9.17, 15) is 13.2 Å². The summed E-state index contributed by atoms with van der Waals surface area (Å²) in [5.41, 5.74) is 3.81. The molecule has 0 atom stereocenters. The first-order valence-electron chi connectivity index (χ1n) is 7.16. The van der Waals surface area contributed by atoms with E-state index in [1.807, 2.05) is 0 Å². The summed E-state index contributed by atoms with van der Waals surface area (Å²) in [5, 5.41) is 8.46. The zero-order valence-corrected chi connectivity index (χ0v) is 13.6. The van der Waals surface area contributed by atoms with Gasteiger partial charge in [-0.2, -0.15) is 0 Å². The van der Waals surface area contributed by atoms with E-state index in [1.54, 1.807) is 30.3 Å². The van der Waals surface area contributed by atoms with E-state index in [0.717, 1.165) is 11.6 Å². The second kappa shape index (κ2) is 6.75. The number of sulfonamides is 1. The van der Waals surface area contributed by atoms with Crippen LogP contribution >= 0.6 is 0 Å². The Balaban J connectivity index is 1.86. The number of nitrogens with zero attached hydrogens (tertiary/aromatic N) is 1. The lowest BCUT2D eigenvalue weighted by atomic mass is 10.2. The normalized spacial score (nSPS) is 11.7. The predicted octanol–water partition coefficient (Wildman–Crippen LogP) is 1.88. The molecule has 3 aromatic rings. The van der Waals surface area contributed by atoms with Crippen molar-refractivity contribution in [1.29, 1.82) is 0 Å². The number of hydrogen-bond donors (Lipinski definition) is 4. The van der Waals surface area contributed by atoms with Crippen LogP contribution in [0.4, 0.5) is 5.69 Å². The first-order valence-corrected chi connectivity index (χ1v) is 8.64. The molecule has 1 heterocycles. The van der Waals surface area contributed by atoms with Crippen LogP contribution < -0.4 is 10.2 Å². The Kier molecular flexibility index (Phi) is 4.50. The molecule has 4 N–H and O–H groups in total. The van der Waals surface area contributed by atoms with Crippen LogP contribution in [0.25, 0.3) is 17.1 Å². The number of rotatable bonds is 5. The molecule has 0 saturated heterocycles. The van der Waals surface area contributed by atoms with Gasteiger partial charge in [0.05, 0.1) is 27.9 Å². The van der Waals surface area contributed by atoms with Gasteiger partial charge in [0.2, 0.25) is 0 Å². The standard InChI is InChI=1S/C16H14N4O4S/c21-16(19-22)7-4-11-2-1-3-13(8-11)25(23,24)20-12-5-6-14-15(9-12)18-10-17-14/h1-10,20,22H,(H,17,18)(H,19,21)/b7-4+. The van der Waals surface area contributed by atoms with Crippen molar-refractivity contribution in [2.45, 2.75) is 4.90 Å². The fourth-order valence-corrected chi connectivity index (χ4v) is 3.31. The van der Waals surface area contributed by atoms with Crippen molar-refractivity contribution < 1.29 is 18.4 Å². The van der Waals surface area contributed by atoms with Gasteiger partial charge < -0.3 is 4.98 Å². The Morgan fingerprint density at radius 1 is 1.20 bits per heavy atom. The SMILES string of the molecule is O=C(/C=C/c1cccc(S(=O)(=O)Nc2ccc3nc[nH]c3c2)c1)NO. The van der Waals surface area contributed by atoms with Crippen molar-refractivity contribution in [3.8, 4) is 0 Å². The van der Waals surface area contributed by atoms with Gasteiger partial charge in [-0.3, -0.25) is 14.7 Å². The van der Waals surface area contributed by atoms with Gasteiger partial charge in [0.15, 0.2) is 0 Å². The first kappa shape index (κ1) is 16.7. The number of hydrogen-bond acceptors (Lipinski definition) is 5. The Bertz CT molecular complexity index is 1060. The Hall–Kier alpha value is -3.17. The maximum atomic E-state index is 12.5. The van der Waals surface area contributed by atoms with Crippen LogP contribution in [-0.4, -0.2) is 29.5 Å². The van der Waals surface area contributed by atoms with Crippen molar-refractivity contribution in [2.24, 2.45) is 0 Å². The fourth-order valence-electron chi connectivity index (χ4n) is 2.21. The van der Waals surface area contributed by atoms with E-state index in [2.05, 4.69) is 14.7 Å². The van der Waals surface area contributed by atoms with Crippen molar-refractivity contribution >= 4 is 38.7 Å². The molecule has 0 bridgehead atoms. The van der Waals surface area contributed by atoms with Crippen molar-refractivity contribution in [1.82, 2.24) is 15.4 Å². The Morgan fingerprint density at radius 2 is 2.04 bits per heavy atom. The van der Waals surface area contributed by atoms with Crippen LogP contribution in [0.1, 0.15) is 5.56 Å². The molecule has 0 saturated carbocycles. The monoisotopic (exact) mass is 358 g/mol. The van der Waals surface area contributed by atoms with Crippen LogP contribution in [0.3, 0.4) is 0 Å². The van der Waals surface area contributed by atoms with Crippen LogP contribution in [0.15, 0.2) is 59.8 Å². The maximum absolute atomic E-state index is 12.5. The second-order valence-corrected chi connectivity index (χ2v) is 6.80. The van der Waals surface area contributed by atoms with Gasteiger partial charge in [0, 0.05) is 6.08 Å². The number of imidazole rings is 1. The maximum Gasteiger partial charge on any atom is 0.267 e. The van der Waals surface area contributed by atoms with Gasteiger partial charge >= 0.3 is 0 Å². The summed E-state index contributed by atoms with van der Waals surface area (Å²) in [5.74, 6) is -0.709. The summed E-state index contributed by atoms with van der Waals surface area (Å²) in [6, 6.07) is 11.0. The van der Waals surface area contributed by atoms with Gasteiger partial charge in [-0.1, -0.05) is 12.1 Å². The molecule has 0 aliphatic carbocycles. The number of nitrogens with one attached hydrogen (secondary N) is 3. The summed E-state index contributed by atoms with van der Waals surface area (Å²) in [7, 11) is -3.80. The minimum atomic E-state index is -3.80. The summed E-state index contributed by atoms with van der Waals surface area (Å²) >= 11 is 0. The molecule has 1 aromatic heterocycles. The topological polar surface area (TPSA) is 124 Å². The van der Waals surface area contributed by atoms with E-state index in [4.69, 9.17) is 5.21 Å². The third-order valence-corrected chi connectivity index (χ3v) is 4.76. The highest BCUT2D eigenvalue weighted by Gasteiger charge is 2.14. The zero-order chi connectivity index (χ0) is 17.9. The van der Waals surface area contributed by atoms with Crippen molar-refractivity contribution in [3.05, 3.63) is 60.4 Å². The third-order valence-electron chi connectivity index (χ3n) is 3.38. The molecule has 128 valence electrons. The number of fused-ring (bicyclic) bond motifs is 1. The minimum Gasteiger partial charge on any atom is -0.345 e. The van der Waals surface area contributed by atoms with Gasteiger partial charge in [0.25, 0.3) is 15.9 Å². The fraction of sp³-hybridized carbons (Fsp3) is 0. The van der Waals surface area contributed by atoms with Crippen LogP contribution in [0.5, 0.6) is 0 Å². The summed E-state index contributed by atoms with van der Waals surface area (Å²) in [6.45, 7) is 0. The molecule has 25 heavy (non-hydrogen) atoms. The highest BCUT2D eigenvalue weighted by molar-refractivity contribution is 7.92. The van der Waals surface area contributed by atoms with Gasteiger partial charge in [-0.25, -0.2) is 18.9 Å². The number of carbonyl (C=O) groups is 1. The van der Waals surface area contributed by atoms with Crippen LogP contribution in [-0.2, 0) is 14.8 Å². The van der Waals surface area contributed by atoms with Crippen LogP contribution in [0, 0.1) is 0 Å². The molecule has 0 aliphatic heterocycles. The average Bonchev–Trinajstić information content (AvgIpc) is 3.07. The number of amides is 1. The molecule has 9 heteroatoms. The number of aromatic nitrogens is 2. The first-order chi connectivity index (χ1) is 12.0. The van der Waals surface area contributed by atoms with Gasteiger partial charge in [-0.05, 0) is 42.0 Å². The quantitative estimate of drug-likeness (QED) is 0.315. The number of aromatic amines is 1. The molecule has 0 unspecified atom stereocenters. The van der Waals surface area contributed by atoms with Gasteiger partial charge in [0.1, 0.15) is 0 Å². The van der Waals surface area contributed by atoms with Crippen molar-refractivity contribution in [3.63, 3.8) is 0 Å². The largest absolute Gasteiger partial charge is 0.345 e. The predicted molar refractivity (Wildman–Crippen MR) is 92.3 cm³/mol. The van der Waals surface area contributed by atoms with E-state index in [-0.39, 0.29) is 4.90 Å². The molecule has 2 aromatic carbocycles. The molecule has 3 rings (SSSR count). The Morgan fingerprint density at radius 3 is 2.84 bits per heavy atom. The number of H-pyrrole nitrogens is 1. The lowest BCUT2D eigenvalue weighted by Gasteiger charge is -2.08. The van der Waals surface area contributed by atoms with E-state index >= 15 is 0 Å². The summed E-state index contributed by atoms with van der Waals surface area (Å²) < 4.78 is 27.6. The molecular formula is C16H14N4O4S. The average molecular weight is 358 g/mol. The molecule has 1 amide bonds. The molecule has 0 fully saturated rings. The van der Waals surface area contributed by atoms with E-state index in [0.29, 0.717) is 16.8 Å². The van der Waals surface area contributed by atoms with Crippen molar-refractivity contribution in [2.75, 3.05) is 4.72 Å². The summed E-state index contributed by atoms with van der Waals surface area (Å²) in [6.07, 6.45) is 4.01. The van der Waals surface area contributed by atoms with E-state index < -0.39 is 15.9 Å². The molecule has 0 aliphatic rings. The molecular weight excluding hydrogens is 344 g/mol. The van der Waals surface area contributed by atoms with Gasteiger partial charge in [-0.15, -0.1) is 0 Å². The van der Waals surface area contributed by atoms with Crippen LogP contribution in [0.2, 0.25) is 0 Å². The second-order valence-electron chi connectivity index (χ2n) is 5.12. The summed E-state index contributed by atoms with van der Waals surface area (Å²) in [4.78, 5) is 18.0. The highest BCUT2D eigenvalue weighted by Crippen LogP contribution is 2.20. The molecule has 0 spiro atoms. The number of carbonyl (C=O) groups excluding carboxylic acids is 1. The lowest BCUT2D eigenvalue weighted by Crippen LogP contribution is -2.15. The zero-order valence-electron chi connectivity index (χ0n) is 12.8. The Labute approximate surface area is 143 Å². The smallest absolute Gasteiger partial charge is 0.267 e. The highest BCUT2D eigenvalue weighted by atomic mass is 32.2. The molecule has 0 radical (unpaired) electrons. The number of anilines is 1. The minimum absolute atomic E-state index is 0.0452. The lowest BCUT2D eigenvalue weighted by molar-refractivity contribution is -0.124. The number of benzene rings is 2. The number of hydroxylamine groups is 1.